The molecule has 2 aliphatic heterocycles. The van der Waals surface area contributed by atoms with Crippen molar-refractivity contribution < 1.29 is 13.2 Å². The third-order valence-corrected chi connectivity index (χ3v) is 8.21. The predicted octanol–water partition coefficient (Wildman–Crippen LogP) is 5.50. The van der Waals surface area contributed by atoms with E-state index < -0.39 is 15.9 Å². The number of nitrogens with zero attached hydrogens (tertiary/aromatic N) is 3. The molecule has 0 radical (unpaired) electrons. The van der Waals surface area contributed by atoms with Gasteiger partial charge in [0.1, 0.15) is 10.7 Å². The van der Waals surface area contributed by atoms with Crippen molar-refractivity contribution in [3.8, 4) is 11.3 Å². The van der Waals surface area contributed by atoms with Gasteiger partial charge in [-0.15, -0.1) is 15.7 Å². The fraction of sp³-hybridized carbons (Fsp3) is 0.320. The molecule has 1 saturated heterocycles. The summed E-state index contributed by atoms with van der Waals surface area (Å²) in [6.45, 7) is 2.88. The van der Waals surface area contributed by atoms with E-state index in [0.717, 1.165) is 49.9 Å². The van der Waals surface area contributed by atoms with Gasteiger partial charge in [-0.05, 0) is 43.0 Å². The van der Waals surface area contributed by atoms with Gasteiger partial charge < -0.3 is 4.90 Å². The number of fused-ring (bicyclic) bond motifs is 3. The van der Waals surface area contributed by atoms with Crippen molar-refractivity contribution in [1.82, 2.24) is 4.98 Å². The average molecular weight is 495 g/mol. The summed E-state index contributed by atoms with van der Waals surface area (Å²) >= 11 is 1.34. The van der Waals surface area contributed by atoms with Gasteiger partial charge in [-0.3, -0.25) is 10.1 Å². The van der Waals surface area contributed by atoms with Crippen LogP contribution in [0.3, 0.4) is 0 Å². The Bertz CT molecular complexity index is 1360. The van der Waals surface area contributed by atoms with Crippen LogP contribution >= 0.6 is 11.3 Å². The number of carbonyl (C=O) groups is 1. The van der Waals surface area contributed by atoms with E-state index in [1.54, 1.807) is 12.1 Å². The number of hydrogen-bond acceptors (Lipinski definition) is 6. The maximum atomic E-state index is 12.9. The summed E-state index contributed by atoms with van der Waals surface area (Å²) in [6, 6.07) is 13.1. The second-order valence-electron chi connectivity index (χ2n) is 8.57. The van der Waals surface area contributed by atoms with Crippen LogP contribution in [-0.2, 0) is 16.4 Å². The molecular formula is C25H26N4O3S2. The summed E-state index contributed by atoms with van der Waals surface area (Å²) in [5, 5.41) is 5.17. The van der Waals surface area contributed by atoms with Gasteiger partial charge >= 0.3 is 0 Å². The first-order chi connectivity index (χ1) is 16.4. The van der Waals surface area contributed by atoms with Gasteiger partial charge in [0.05, 0.1) is 11.4 Å². The first kappa shape index (κ1) is 22.7. The number of aromatic nitrogens is 1. The second-order valence-corrected chi connectivity index (χ2v) is 11.0. The van der Waals surface area contributed by atoms with E-state index in [1.807, 2.05) is 22.4 Å². The molecule has 1 fully saturated rings. The Morgan fingerprint density at radius 2 is 1.94 bits per heavy atom. The van der Waals surface area contributed by atoms with Gasteiger partial charge in [-0.25, -0.2) is 4.98 Å². The molecule has 0 saturated carbocycles. The lowest BCUT2D eigenvalue weighted by molar-refractivity contribution is 0.102. The van der Waals surface area contributed by atoms with Crippen LogP contribution in [0.25, 0.3) is 11.3 Å². The molecule has 2 aliphatic rings. The van der Waals surface area contributed by atoms with Crippen LogP contribution in [0, 0.1) is 0 Å². The number of rotatable bonds is 5. The number of hydrogen-bond donors (Lipinski definition) is 1. The highest BCUT2D eigenvalue weighted by molar-refractivity contribution is 7.90. The predicted molar refractivity (Wildman–Crippen MR) is 136 cm³/mol. The molecule has 0 bridgehead atoms. The summed E-state index contributed by atoms with van der Waals surface area (Å²) < 4.78 is 29.7. The highest BCUT2D eigenvalue weighted by Gasteiger charge is 2.32. The Hall–Kier alpha value is -3.04. The molecule has 5 rings (SSSR count). The number of carbonyl (C=O) groups excluding carboxylic acids is 1. The zero-order chi connectivity index (χ0) is 23.7. The molecule has 1 amide bonds. The van der Waals surface area contributed by atoms with E-state index in [4.69, 9.17) is 0 Å². The van der Waals surface area contributed by atoms with Crippen molar-refractivity contribution in [3.05, 3.63) is 59.0 Å². The molecule has 1 aromatic heterocycles. The number of aryl methyl sites for hydroxylation is 1. The van der Waals surface area contributed by atoms with E-state index in [9.17, 15) is 13.2 Å². The van der Waals surface area contributed by atoms with Crippen LogP contribution < -0.4 is 10.2 Å². The van der Waals surface area contributed by atoms with Crippen LogP contribution in [0.15, 0.2) is 57.1 Å². The van der Waals surface area contributed by atoms with E-state index in [1.165, 1.54) is 23.0 Å². The highest BCUT2D eigenvalue weighted by atomic mass is 32.2. The lowest BCUT2D eigenvalue weighted by Gasteiger charge is -2.29. The zero-order valence-corrected chi connectivity index (χ0v) is 20.6. The quantitative estimate of drug-likeness (QED) is 0.506. The molecule has 3 heterocycles. The lowest BCUT2D eigenvalue weighted by Crippen LogP contribution is -2.35. The Balaban J connectivity index is 1.36. The number of benzene rings is 2. The highest BCUT2D eigenvalue weighted by Crippen LogP contribution is 2.35. The molecule has 0 spiro atoms. The van der Waals surface area contributed by atoms with E-state index in [-0.39, 0.29) is 10.5 Å². The Morgan fingerprint density at radius 3 is 2.74 bits per heavy atom. The standard InChI is InChI=1S/C25H26N4O3S2/c1-2-6-17-8-10-18(11-9-17)20-16-33-25(26-20)27-24(30)19-12-13-21-22(15-19)34(31,32)28-23-7-4-3-5-14-29(21)23/h8-13,15-16H,2-7,14H2,1H3,(H,26,27,30). The monoisotopic (exact) mass is 494 g/mol. The topological polar surface area (TPSA) is 91.7 Å². The number of amidine groups is 1. The van der Waals surface area contributed by atoms with Gasteiger partial charge in [-0.1, -0.05) is 44.0 Å². The Kier molecular flexibility index (Phi) is 6.22. The van der Waals surface area contributed by atoms with Crippen LogP contribution in [0.5, 0.6) is 0 Å². The number of sulfonamides is 1. The van der Waals surface area contributed by atoms with E-state index >= 15 is 0 Å². The molecule has 3 aromatic rings. The molecule has 0 unspecified atom stereocenters. The number of anilines is 2. The van der Waals surface area contributed by atoms with Gasteiger partial charge in [0.15, 0.2) is 5.13 Å². The summed E-state index contributed by atoms with van der Waals surface area (Å²) in [5.41, 5.74) is 3.93. The van der Waals surface area contributed by atoms with Gasteiger partial charge in [-0.2, -0.15) is 8.42 Å². The number of amides is 1. The largest absolute Gasteiger partial charge is 0.328 e. The average Bonchev–Trinajstić information content (AvgIpc) is 3.16. The molecule has 0 aliphatic carbocycles. The van der Waals surface area contributed by atoms with Crippen molar-refractivity contribution in [1.29, 1.82) is 0 Å². The van der Waals surface area contributed by atoms with Crippen molar-refractivity contribution >= 4 is 43.9 Å². The SMILES string of the molecule is CCCc1ccc(-c2csc(NC(=O)c3ccc4c(c3)S(=O)(=O)N=C3CCCCCN34)n2)cc1. The van der Waals surface area contributed by atoms with Crippen LogP contribution in [0.1, 0.15) is 54.9 Å². The minimum absolute atomic E-state index is 0.0813. The third kappa shape index (κ3) is 4.50. The summed E-state index contributed by atoms with van der Waals surface area (Å²) in [4.78, 5) is 19.5. The second kappa shape index (κ2) is 9.31. The molecule has 7 nitrogen and oxygen atoms in total. The maximum absolute atomic E-state index is 12.9. The molecule has 1 N–H and O–H groups in total. The Labute approximate surface area is 203 Å². The fourth-order valence-electron chi connectivity index (χ4n) is 4.38. The fourth-order valence-corrected chi connectivity index (χ4v) is 6.38. The van der Waals surface area contributed by atoms with Crippen molar-refractivity contribution in [3.63, 3.8) is 0 Å². The minimum atomic E-state index is -3.84. The summed E-state index contributed by atoms with van der Waals surface area (Å²) in [6.07, 6.45) is 5.74. The molecule has 34 heavy (non-hydrogen) atoms. The van der Waals surface area contributed by atoms with Crippen molar-refractivity contribution in [2.75, 3.05) is 16.8 Å². The summed E-state index contributed by atoms with van der Waals surface area (Å²) in [5.74, 6) is 0.197. The molecule has 9 heteroatoms. The first-order valence-corrected chi connectivity index (χ1v) is 13.9. The van der Waals surface area contributed by atoms with Crippen LogP contribution in [0.4, 0.5) is 10.8 Å². The lowest BCUT2D eigenvalue weighted by atomic mass is 10.1. The van der Waals surface area contributed by atoms with Crippen molar-refractivity contribution in [2.45, 2.75) is 50.3 Å². The van der Waals surface area contributed by atoms with Crippen molar-refractivity contribution in [2.24, 2.45) is 4.40 Å². The maximum Gasteiger partial charge on any atom is 0.286 e. The molecule has 2 aromatic carbocycles. The first-order valence-electron chi connectivity index (χ1n) is 11.6. The van der Waals surface area contributed by atoms with Gasteiger partial charge in [0.2, 0.25) is 0 Å². The number of thiazole rings is 1. The number of nitrogens with one attached hydrogen (secondary N) is 1. The molecule has 176 valence electrons. The Morgan fingerprint density at radius 1 is 1.12 bits per heavy atom. The summed E-state index contributed by atoms with van der Waals surface area (Å²) in [7, 11) is -3.84. The molecule has 0 atom stereocenters. The van der Waals surface area contributed by atoms with Crippen LogP contribution in [-0.4, -0.2) is 31.7 Å². The zero-order valence-electron chi connectivity index (χ0n) is 19.0. The third-order valence-electron chi connectivity index (χ3n) is 6.12. The van der Waals surface area contributed by atoms with Gasteiger partial charge in [0.25, 0.3) is 15.9 Å². The van der Waals surface area contributed by atoms with E-state index in [0.29, 0.717) is 23.1 Å². The normalized spacial score (nSPS) is 16.7. The minimum Gasteiger partial charge on any atom is -0.328 e. The van der Waals surface area contributed by atoms with Crippen LogP contribution in [0.2, 0.25) is 0 Å². The van der Waals surface area contributed by atoms with E-state index in [2.05, 4.69) is 33.8 Å². The van der Waals surface area contributed by atoms with Gasteiger partial charge in [0, 0.05) is 29.5 Å². The smallest absolute Gasteiger partial charge is 0.286 e. The molecular weight excluding hydrogens is 468 g/mol.